The minimum atomic E-state index is -0.0999. The third kappa shape index (κ3) is 6.39. The number of carbonyl (C=O) groups is 1. The summed E-state index contributed by atoms with van der Waals surface area (Å²) in [7, 11) is 0. The van der Waals surface area contributed by atoms with E-state index in [4.69, 9.17) is 5.73 Å². The first-order valence-corrected chi connectivity index (χ1v) is 8.16. The lowest BCUT2D eigenvalue weighted by Crippen LogP contribution is -2.42. The number of halogens is 1. The predicted octanol–water partition coefficient (Wildman–Crippen LogP) is 1.70. The zero-order valence-corrected chi connectivity index (χ0v) is 15.8. The Morgan fingerprint density at radius 1 is 1.45 bits per heavy atom. The lowest BCUT2D eigenvalue weighted by molar-refractivity contribution is -0.116. The van der Waals surface area contributed by atoms with Gasteiger partial charge in [-0.05, 0) is 18.6 Å². The maximum atomic E-state index is 11.8. The molecule has 1 fully saturated rings. The molecule has 1 aromatic heterocycles. The van der Waals surface area contributed by atoms with Crippen molar-refractivity contribution < 1.29 is 4.79 Å². The van der Waals surface area contributed by atoms with E-state index in [2.05, 4.69) is 20.2 Å². The van der Waals surface area contributed by atoms with Gasteiger partial charge in [0.1, 0.15) is 5.82 Å². The molecule has 1 aliphatic heterocycles. The number of anilines is 1. The molecule has 0 radical (unpaired) electrons. The number of nitrogens with zero attached hydrogens (tertiary/aromatic N) is 3. The molecular formula is C14H22IN5OS. The Hall–Kier alpha value is -1.03. The van der Waals surface area contributed by atoms with Crippen LogP contribution in [-0.2, 0) is 4.79 Å². The Bertz CT molecular complexity index is 502. The molecule has 1 aliphatic rings. The van der Waals surface area contributed by atoms with E-state index in [1.54, 1.807) is 12.3 Å². The number of amides is 1. The normalized spacial score (nSPS) is 15.1. The van der Waals surface area contributed by atoms with Gasteiger partial charge in [-0.25, -0.2) is 4.98 Å². The highest BCUT2D eigenvalue weighted by Gasteiger charge is 2.12. The maximum absolute atomic E-state index is 11.8. The number of nitrogens with one attached hydrogen (secondary N) is 1. The van der Waals surface area contributed by atoms with E-state index in [0.717, 1.165) is 30.2 Å². The van der Waals surface area contributed by atoms with Gasteiger partial charge in [-0.15, -0.1) is 24.0 Å². The molecule has 122 valence electrons. The largest absolute Gasteiger partial charge is 0.370 e. The van der Waals surface area contributed by atoms with E-state index in [1.807, 2.05) is 24.8 Å². The number of hydrogen-bond donors (Lipinski definition) is 2. The van der Waals surface area contributed by atoms with E-state index in [9.17, 15) is 4.79 Å². The van der Waals surface area contributed by atoms with Gasteiger partial charge in [-0.3, -0.25) is 9.79 Å². The number of carbonyl (C=O) groups excluding carboxylic acids is 1. The first kappa shape index (κ1) is 19.0. The smallest absolute Gasteiger partial charge is 0.227 e. The summed E-state index contributed by atoms with van der Waals surface area (Å²) in [5.41, 5.74) is 6.99. The molecule has 22 heavy (non-hydrogen) atoms. The quantitative estimate of drug-likeness (QED) is 0.428. The molecule has 0 aromatic carbocycles. The van der Waals surface area contributed by atoms with Crippen LogP contribution in [0, 0.1) is 6.92 Å². The van der Waals surface area contributed by atoms with Crippen molar-refractivity contribution in [3.8, 4) is 0 Å². The number of aliphatic imine (C=N–C) groups is 1. The minimum Gasteiger partial charge on any atom is -0.370 e. The summed E-state index contributed by atoms with van der Waals surface area (Å²) in [6.07, 6.45) is 2.03. The molecule has 1 aromatic rings. The van der Waals surface area contributed by atoms with Crippen molar-refractivity contribution >= 4 is 53.4 Å². The average molecular weight is 435 g/mol. The number of pyridine rings is 1. The van der Waals surface area contributed by atoms with Crippen LogP contribution in [0.15, 0.2) is 23.3 Å². The van der Waals surface area contributed by atoms with E-state index >= 15 is 0 Å². The van der Waals surface area contributed by atoms with Gasteiger partial charge in [0, 0.05) is 37.2 Å². The first-order valence-electron chi connectivity index (χ1n) is 7.00. The van der Waals surface area contributed by atoms with Crippen molar-refractivity contribution in [2.75, 3.05) is 36.5 Å². The lowest BCUT2D eigenvalue weighted by Gasteiger charge is -2.27. The average Bonchev–Trinajstić information content (AvgIpc) is 2.50. The highest BCUT2D eigenvalue weighted by Crippen LogP contribution is 2.08. The third-order valence-electron chi connectivity index (χ3n) is 3.13. The van der Waals surface area contributed by atoms with Gasteiger partial charge in [0.15, 0.2) is 5.96 Å². The molecule has 0 aliphatic carbocycles. The summed E-state index contributed by atoms with van der Waals surface area (Å²) in [6, 6.07) is 3.70. The maximum Gasteiger partial charge on any atom is 0.227 e. The van der Waals surface area contributed by atoms with Gasteiger partial charge in [0.2, 0.25) is 5.91 Å². The van der Waals surface area contributed by atoms with Crippen molar-refractivity contribution in [3.63, 3.8) is 0 Å². The summed E-state index contributed by atoms with van der Waals surface area (Å²) < 4.78 is 0. The van der Waals surface area contributed by atoms with Gasteiger partial charge < -0.3 is 16.0 Å². The summed E-state index contributed by atoms with van der Waals surface area (Å²) in [6.45, 7) is 4.21. The van der Waals surface area contributed by atoms with Crippen LogP contribution in [0.4, 0.5) is 5.82 Å². The topological polar surface area (TPSA) is 83.6 Å². The highest BCUT2D eigenvalue weighted by atomic mass is 127. The molecule has 0 saturated carbocycles. The zero-order valence-electron chi connectivity index (χ0n) is 12.6. The fraction of sp³-hybridized carbons (Fsp3) is 0.500. The van der Waals surface area contributed by atoms with Crippen LogP contribution in [0.2, 0.25) is 0 Å². The Kier molecular flexibility index (Phi) is 8.54. The molecular weight excluding hydrogens is 413 g/mol. The number of aromatic nitrogens is 1. The molecule has 3 N–H and O–H groups in total. The molecule has 1 saturated heterocycles. The molecule has 2 rings (SSSR count). The molecule has 0 atom stereocenters. The van der Waals surface area contributed by atoms with Crippen molar-refractivity contribution in [3.05, 3.63) is 23.9 Å². The number of rotatable bonds is 4. The van der Waals surface area contributed by atoms with Crippen molar-refractivity contribution in [1.29, 1.82) is 0 Å². The summed E-state index contributed by atoms with van der Waals surface area (Å²) in [5, 5.41) is 2.75. The van der Waals surface area contributed by atoms with E-state index in [-0.39, 0.29) is 29.9 Å². The van der Waals surface area contributed by atoms with E-state index < -0.39 is 0 Å². The standard InChI is InChI=1S/C14H21N5OS.HI/c1-11-2-3-12(17-10-11)18-13(20)4-5-16-14(15)19-6-8-21-9-7-19;/h2-3,10H,4-9H2,1H3,(H2,15,16)(H,17,18,20);1H. The Labute approximate surface area is 152 Å². The first-order chi connectivity index (χ1) is 10.1. The molecule has 6 nitrogen and oxygen atoms in total. The van der Waals surface area contributed by atoms with Gasteiger partial charge in [-0.1, -0.05) is 6.07 Å². The fourth-order valence-electron chi connectivity index (χ4n) is 1.91. The molecule has 0 bridgehead atoms. The van der Waals surface area contributed by atoms with Crippen LogP contribution < -0.4 is 11.1 Å². The summed E-state index contributed by atoms with van der Waals surface area (Å²) in [5.74, 6) is 3.16. The summed E-state index contributed by atoms with van der Waals surface area (Å²) >= 11 is 1.92. The van der Waals surface area contributed by atoms with Crippen LogP contribution in [0.5, 0.6) is 0 Å². The number of hydrogen-bond acceptors (Lipinski definition) is 4. The van der Waals surface area contributed by atoms with Crippen LogP contribution in [0.3, 0.4) is 0 Å². The van der Waals surface area contributed by atoms with Crippen molar-refractivity contribution in [1.82, 2.24) is 9.88 Å². The van der Waals surface area contributed by atoms with Crippen LogP contribution in [0.25, 0.3) is 0 Å². The lowest BCUT2D eigenvalue weighted by atomic mass is 10.3. The second kappa shape index (κ2) is 9.88. The second-order valence-electron chi connectivity index (χ2n) is 4.86. The minimum absolute atomic E-state index is 0. The Morgan fingerprint density at radius 3 is 2.82 bits per heavy atom. The highest BCUT2D eigenvalue weighted by molar-refractivity contribution is 14.0. The van der Waals surface area contributed by atoms with E-state index in [0.29, 0.717) is 24.7 Å². The number of nitrogens with two attached hydrogens (primary N) is 1. The fourth-order valence-corrected chi connectivity index (χ4v) is 2.81. The van der Waals surface area contributed by atoms with Gasteiger partial charge in [-0.2, -0.15) is 11.8 Å². The Morgan fingerprint density at radius 2 is 2.18 bits per heavy atom. The number of guanidine groups is 1. The van der Waals surface area contributed by atoms with Crippen LogP contribution >= 0.6 is 35.7 Å². The zero-order chi connectivity index (χ0) is 15.1. The predicted molar refractivity (Wildman–Crippen MR) is 103 cm³/mol. The monoisotopic (exact) mass is 435 g/mol. The van der Waals surface area contributed by atoms with Crippen molar-refractivity contribution in [2.45, 2.75) is 13.3 Å². The van der Waals surface area contributed by atoms with Crippen molar-refractivity contribution in [2.24, 2.45) is 10.7 Å². The van der Waals surface area contributed by atoms with Crippen LogP contribution in [-0.4, -0.2) is 52.9 Å². The van der Waals surface area contributed by atoms with Gasteiger partial charge >= 0.3 is 0 Å². The summed E-state index contributed by atoms with van der Waals surface area (Å²) in [4.78, 5) is 22.2. The van der Waals surface area contributed by atoms with E-state index in [1.165, 1.54) is 0 Å². The molecule has 1 amide bonds. The van der Waals surface area contributed by atoms with Gasteiger partial charge in [0.25, 0.3) is 0 Å². The number of aryl methyl sites for hydroxylation is 1. The molecule has 2 heterocycles. The number of thioether (sulfide) groups is 1. The Balaban J connectivity index is 0.00000242. The SMILES string of the molecule is Cc1ccc(NC(=O)CCN=C(N)N2CCSCC2)nc1.I. The van der Waals surface area contributed by atoms with Gasteiger partial charge in [0.05, 0.1) is 6.54 Å². The third-order valence-corrected chi connectivity index (χ3v) is 4.07. The molecule has 8 heteroatoms. The second-order valence-corrected chi connectivity index (χ2v) is 6.08. The molecule has 0 spiro atoms. The van der Waals surface area contributed by atoms with Crippen LogP contribution in [0.1, 0.15) is 12.0 Å². The molecule has 0 unspecified atom stereocenters.